The molecule has 2 saturated heterocycles. The Bertz CT molecular complexity index is 2280. The molecule has 24 heteroatoms. The van der Waals surface area contributed by atoms with Crippen LogP contribution in [-0.4, -0.2) is 105 Å². The number of aliphatic hydroxyl groups is 4. The maximum absolute atomic E-state index is 12.6. The van der Waals surface area contributed by atoms with Crippen LogP contribution >= 0.6 is 15.6 Å². The van der Waals surface area contributed by atoms with Crippen molar-refractivity contribution in [2.75, 3.05) is 18.9 Å². The summed E-state index contributed by atoms with van der Waals surface area (Å²) >= 11 is 0. The number of nitrogens with one attached hydrogen (secondary N) is 1. The summed E-state index contributed by atoms with van der Waals surface area (Å²) in [5, 5.41) is 49.9. The average molecular weight is 769 g/mol. The van der Waals surface area contributed by atoms with E-state index in [1.807, 2.05) is 6.92 Å². The van der Waals surface area contributed by atoms with Gasteiger partial charge in [-0.2, -0.15) is 14.0 Å². The first-order valence-corrected chi connectivity index (χ1v) is 18.4. The second-order valence-electron chi connectivity index (χ2n) is 12.0. The molecule has 0 aliphatic carbocycles. The molecular formula is C28H32N7O15P2+. The number of oxazole rings is 1. The number of nitrogens with zero attached hydrogens (tertiary/aromatic N) is 5. The number of rotatable bonds is 11. The molecule has 278 valence electrons. The number of aliphatic hydroxyl groups excluding tert-OH is 4. The standard InChI is InChI=1S/C28H31N7O15P2/c1-12-4-5-34(8-14(12)13-2-3-15-17(6-13)49-28(40)32-15)26-23(38)21(36)18(47-26)9-45-51(41,42)50-52(43,44)46-10-19-22(37)24(39)27(48-19)35-11-30-20-16(35)7-31-33-25(20)29/h2-8,11,18-19,21-24,26-27,36-39H,9-10H2,1H3,(H4-,29,32,33,40,41,42,43,44)/p+1/t18-,19+,21-,22+,23-,24+,26-,27+/m1/s1. The van der Waals surface area contributed by atoms with E-state index >= 15 is 0 Å². The number of anilines is 1. The molecule has 7 rings (SSSR count). The molecule has 5 aromatic rings. The van der Waals surface area contributed by atoms with Crippen LogP contribution in [0.3, 0.4) is 0 Å². The van der Waals surface area contributed by atoms with E-state index in [4.69, 9.17) is 28.7 Å². The van der Waals surface area contributed by atoms with Crippen molar-refractivity contribution in [3.05, 3.63) is 65.3 Å². The number of aryl methyl sites for hydroxylation is 1. The van der Waals surface area contributed by atoms with Crippen LogP contribution in [-0.2, 0) is 32.0 Å². The van der Waals surface area contributed by atoms with Crippen LogP contribution in [0.1, 0.15) is 18.0 Å². The second-order valence-corrected chi connectivity index (χ2v) is 15.1. The monoisotopic (exact) mass is 768 g/mol. The summed E-state index contributed by atoms with van der Waals surface area (Å²) < 4.78 is 58.5. The number of ether oxygens (including phenoxy) is 2. The molecule has 0 amide bonds. The fourth-order valence-corrected chi connectivity index (χ4v) is 8.06. The number of phosphoric ester groups is 2. The van der Waals surface area contributed by atoms with Crippen molar-refractivity contribution in [1.82, 2.24) is 24.7 Å². The highest BCUT2D eigenvalue weighted by atomic mass is 31.3. The van der Waals surface area contributed by atoms with Crippen molar-refractivity contribution in [2.24, 2.45) is 0 Å². The van der Waals surface area contributed by atoms with E-state index in [-0.39, 0.29) is 11.3 Å². The number of nitrogen functional groups attached to an aromatic ring is 1. The predicted molar refractivity (Wildman–Crippen MR) is 171 cm³/mol. The number of hydrogen-bond donors (Lipinski definition) is 8. The molecule has 0 saturated carbocycles. The van der Waals surface area contributed by atoms with Crippen LogP contribution in [0.5, 0.6) is 0 Å². The highest BCUT2D eigenvalue weighted by Crippen LogP contribution is 2.60. The number of hydrogen-bond acceptors (Lipinski definition) is 17. The zero-order chi connectivity index (χ0) is 37.1. The Morgan fingerprint density at radius 1 is 1.00 bits per heavy atom. The number of H-pyrrole nitrogens is 1. The molecule has 2 aliphatic heterocycles. The summed E-state index contributed by atoms with van der Waals surface area (Å²) in [5.74, 6) is -0.607. The van der Waals surface area contributed by atoms with E-state index in [1.54, 1.807) is 36.7 Å². The molecule has 52 heavy (non-hydrogen) atoms. The van der Waals surface area contributed by atoms with Gasteiger partial charge in [0.25, 0.3) is 6.23 Å². The SMILES string of the molecule is Cc1cc[n+]([C@@H]2O[C@H](COP(=O)(O)OP(=O)(O)OC[C@@H]3O[C@H](n4cnc5c(N)nncc54)[C@@H](O)[C@H]3O)[C@@H](O)[C@H]2O)cc1-c1ccc2[nH]c(=O)oc2c1. The first-order chi connectivity index (χ1) is 24.6. The van der Waals surface area contributed by atoms with Gasteiger partial charge in [-0.15, -0.1) is 5.10 Å². The smallest absolute Gasteiger partial charge is 0.408 e. The molecule has 6 heterocycles. The fourth-order valence-electron chi connectivity index (χ4n) is 5.97. The Hall–Kier alpha value is -3.99. The second kappa shape index (κ2) is 13.8. The number of fused-ring (bicyclic) bond motifs is 2. The van der Waals surface area contributed by atoms with Crippen LogP contribution in [0, 0.1) is 6.92 Å². The van der Waals surface area contributed by atoms with Gasteiger partial charge in [0.15, 0.2) is 36.1 Å². The number of pyridine rings is 1. The third kappa shape index (κ3) is 7.05. The number of phosphoric acid groups is 2. The van der Waals surface area contributed by atoms with Crippen LogP contribution < -0.4 is 16.1 Å². The van der Waals surface area contributed by atoms with Crippen molar-refractivity contribution in [3.63, 3.8) is 0 Å². The lowest BCUT2D eigenvalue weighted by Gasteiger charge is -2.20. The van der Waals surface area contributed by atoms with E-state index in [0.29, 0.717) is 27.7 Å². The van der Waals surface area contributed by atoms with Gasteiger partial charge in [-0.3, -0.25) is 18.6 Å². The lowest BCUT2D eigenvalue weighted by Crippen LogP contribution is -2.46. The minimum atomic E-state index is -5.39. The number of imidazole rings is 1. The molecule has 4 aromatic heterocycles. The maximum atomic E-state index is 12.6. The van der Waals surface area contributed by atoms with Crippen molar-refractivity contribution in [3.8, 4) is 11.1 Å². The molecule has 10 atom stereocenters. The Labute approximate surface area is 290 Å². The average Bonchev–Trinajstić information content (AvgIpc) is 3.83. The van der Waals surface area contributed by atoms with Crippen LogP contribution in [0.25, 0.3) is 33.3 Å². The summed E-state index contributed by atoms with van der Waals surface area (Å²) in [4.78, 5) is 38.6. The minimum Gasteiger partial charge on any atom is -0.408 e. The van der Waals surface area contributed by atoms with Crippen LogP contribution in [0.2, 0.25) is 0 Å². The first-order valence-electron chi connectivity index (χ1n) is 15.4. The predicted octanol–water partition coefficient (Wildman–Crippen LogP) is -0.705. The molecule has 22 nitrogen and oxygen atoms in total. The highest BCUT2D eigenvalue weighted by Gasteiger charge is 2.50. The Morgan fingerprint density at radius 2 is 1.69 bits per heavy atom. The summed E-state index contributed by atoms with van der Waals surface area (Å²) in [6.07, 6.45) is -5.97. The summed E-state index contributed by atoms with van der Waals surface area (Å²) in [6.45, 7) is 0.0612. The Kier molecular flexibility index (Phi) is 9.63. The third-order valence-electron chi connectivity index (χ3n) is 8.60. The van der Waals surface area contributed by atoms with Gasteiger partial charge >= 0.3 is 21.4 Å². The summed E-state index contributed by atoms with van der Waals surface area (Å²) in [5.41, 5.74) is 9.29. The van der Waals surface area contributed by atoms with Crippen molar-refractivity contribution < 1.29 is 71.2 Å². The van der Waals surface area contributed by atoms with Gasteiger partial charge < -0.3 is 49.8 Å². The highest BCUT2D eigenvalue weighted by molar-refractivity contribution is 7.61. The fraction of sp³-hybridized carbons (Fsp3) is 0.393. The van der Waals surface area contributed by atoms with Crippen LogP contribution in [0.15, 0.2) is 58.4 Å². The van der Waals surface area contributed by atoms with Gasteiger partial charge in [0.1, 0.15) is 36.0 Å². The number of aromatic nitrogens is 6. The first kappa shape index (κ1) is 36.4. The van der Waals surface area contributed by atoms with Crippen molar-refractivity contribution in [2.45, 2.75) is 56.0 Å². The Morgan fingerprint density at radius 3 is 2.42 bits per heavy atom. The molecule has 0 radical (unpaired) electrons. The molecule has 2 fully saturated rings. The molecule has 9 N–H and O–H groups in total. The molecule has 1 aromatic carbocycles. The van der Waals surface area contributed by atoms with Gasteiger partial charge in [-0.1, -0.05) is 6.07 Å². The molecule has 0 bridgehead atoms. The van der Waals surface area contributed by atoms with Gasteiger partial charge in [-0.05, 0) is 30.2 Å². The molecule has 0 spiro atoms. The summed E-state index contributed by atoms with van der Waals surface area (Å²) in [6, 6.07) is 6.78. The number of benzene rings is 1. The van der Waals surface area contributed by atoms with E-state index in [9.17, 15) is 44.1 Å². The lowest BCUT2D eigenvalue weighted by molar-refractivity contribution is -0.765. The maximum Gasteiger partial charge on any atom is 0.481 e. The van der Waals surface area contributed by atoms with Crippen LogP contribution in [0.4, 0.5) is 5.82 Å². The van der Waals surface area contributed by atoms with E-state index < -0.39 is 83.7 Å². The van der Waals surface area contributed by atoms with Crippen molar-refractivity contribution >= 4 is 43.6 Å². The van der Waals surface area contributed by atoms with Gasteiger partial charge in [-0.25, -0.2) is 18.9 Å². The minimum absolute atomic E-state index is 0.00340. The zero-order valence-electron chi connectivity index (χ0n) is 26.7. The van der Waals surface area contributed by atoms with Gasteiger partial charge in [0, 0.05) is 11.6 Å². The lowest BCUT2D eigenvalue weighted by atomic mass is 10.0. The van der Waals surface area contributed by atoms with Gasteiger partial charge in [0.05, 0.1) is 36.8 Å². The third-order valence-corrected chi connectivity index (χ3v) is 11.2. The van der Waals surface area contributed by atoms with E-state index in [1.165, 1.54) is 21.7 Å². The molecule has 2 unspecified atom stereocenters. The molecular weight excluding hydrogens is 736 g/mol. The topological polar surface area (TPSA) is 321 Å². The number of aromatic amines is 1. The van der Waals surface area contributed by atoms with Gasteiger partial charge in [0.2, 0.25) is 0 Å². The normalized spacial score (nSPS) is 28.8. The quantitative estimate of drug-likeness (QED) is 0.0608. The Balaban J connectivity index is 0.958. The zero-order valence-corrected chi connectivity index (χ0v) is 28.5. The molecule has 2 aliphatic rings. The van der Waals surface area contributed by atoms with E-state index in [0.717, 1.165) is 5.56 Å². The van der Waals surface area contributed by atoms with E-state index in [2.05, 4.69) is 24.5 Å². The number of nitrogens with two attached hydrogens (primary N) is 1. The largest absolute Gasteiger partial charge is 0.481 e. The van der Waals surface area contributed by atoms with Crippen molar-refractivity contribution in [1.29, 1.82) is 0 Å². The summed E-state index contributed by atoms with van der Waals surface area (Å²) in [7, 11) is -10.8.